The number of likely N-dealkylation sites (N-methyl/N-ethyl adjacent to an activating group) is 1. The van der Waals surface area contributed by atoms with E-state index >= 15 is 0 Å². The van der Waals surface area contributed by atoms with E-state index in [9.17, 15) is 0 Å². The van der Waals surface area contributed by atoms with E-state index in [-0.39, 0.29) is 0 Å². The van der Waals surface area contributed by atoms with Crippen LogP contribution in [0.25, 0.3) is 33.3 Å². The van der Waals surface area contributed by atoms with Crippen LogP contribution in [0.2, 0.25) is 0 Å². The molecule has 3 heterocycles. The van der Waals surface area contributed by atoms with Crippen LogP contribution in [0.3, 0.4) is 0 Å². The van der Waals surface area contributed by atoms with Crippen molar-refractivity contribution in [1.82, 2.24) is 25.3 Å². The Morgan fingerprint density at radius 3 is 2.61 bits per heavy atom. The van der Waals surface area contributed by atoms with Crippen molar-refractivity contribution in [1.29, 1.82) is 0 Å². The molecule has 36 heavy (non-hydrogen) atoms. The number of allylic oxidation sites excluding steroid dienone is 3. The number of aromatic amines is 1. The first-order valence-electron chi connectivity index (χ1n) is 12.1. The van der Waals surface area contributed by atoms with Gasteiger partial charge in [0.2, 0.25) is 0 Å². The molecule has 0 aliphatic rings. The molecule has 3 N–H and O–H groups in total. The molecule has 0 bridgehead atoms. The lowest BCUT2D eigenvalue weighted by Crippen LogP contribution is -2.15. The summed E-state index contributed by atoms with van der Waals surface area (Å²) in [4.78, 5) is 16.9. The molecule has 0 atom stereocenters. The first-order valence-corrected chi connectivity index (χ1v) is 12.1. The van der Waals surface area contributed by atoms with Gasteiger partial charge in [0, 0.05) is 54.6 Å². The van der Waals surface area contributed by atoms with Crippen molar-refractivity contribution < 1.29 is 0 Å². The van der Waals surface area contributed by atoms with Crippen LogP contribution in [0.15, 0.2) is 92.1 Å². The van der Waals surface area contributed by atoms with E-state index in [2.05, 4.69) is 76.0 Å². The lowest BCUT2D eigenvalue weighted by Gasteiger charge is -2.14. The van der Waals surface area contributed by atoms with Gasteiger partial charge in [0.1, 0.15) is 5.82 Å². The van der Waals surface area contributed by atoms with Crippen molar-refractivity contribution in [2.45, 2.75) is 13.8 Å². The first kappa shape index (κ1) is 24.8. The zero-order valence-corrected chi connectivity index (χ0v) is 21.1. The highest BCUT2D eigenvalue weighted by Crippen LogP contribution is 2.33. The number of anilines is 1. The molecule has 4 rings (SSSR count). The van der Waals surface area contributed by atoms with Gasteiger partial charge < -0.3 is 15.6 Å². The largest absolute Gasteiger partial charge is 0.388 e. The maximum Gasteiger partial charge on any atom is 0.138 e. The van der Waals surface area contributed by atoms with Crippen molar-refractivity contribution in [3.63, 3.8) is 0 Å². The molecule has 0 spiro atoms. The zero-order valence-electron chi connectivity index (χ0n) is 21.1. The van der Waals surface area contributed by atoms with Gasteiger partial charge in [0.05, 0.1) is 17.2 Å². The fourth-order valence-corrected chi connectivity index (χ4v) is 4.12. The van der Waals surface area contributed by atoms with Gasteiger partial charge in [-0.25, -0.2) is 4.98 Å². The van der Waals surface area contributed by atoms with E-state index < -0.39 is 0 Å². The van der Waals surface area contributed by atoms with Gasteiger partial charge in [0.15, 0.2) is 0 Å². The third-order valence-corrected chi connectivity index (χ3v) is 6.11. The third-order valence-electron chi connectivity index (χ3n) is 6.11. The number of nitrogens with one attached hydrogen (secondary N) is 3. The predicted octanol–water partition coefficient (Wildman–Crippen LogP) is 6.25. The summed E-state index contributed by atoms with van der Waals surface area (Å²) in [5.74, 6) is 0.707. The van der Waals surface area contributed by atoms with Crippen molar-refractivity contribution in [2.24, 2.45) is 0 Å². The number of hydrogen-bond acceptors (Lipinski definition) is 5. The summed E-state index contributed by atoms with van der Waals surface area (Å²) in [6, 6.07) is 10.3. The number of rotatable bonds is 10. The van der Waals surface area contributed by atoms with Crippen LogP contribution < -0.4 is 10.6 Å². The highest BCUT2D eigenvalue weighted by Gasteiger charge is 2.16. The molecule has 4 aromatic rings. The number of aromatic nitrogens is 4. The third kappa shape index (κ3) is 5.19. The molecule has 1 aromatic carbocycles. The molecule has 6 nitrogen and oxygen atoms in total. The lowest BCUT2D eigenvalue weighted by atomic mass is 9.96. The van der Waals surface area contributed by atoms with E-state index in [4.69, 9.17) is 4.98 Å². The Morgan fingerprint density at radius 2 is 1.92 bits per heavy atom. The summed E-state index contributed by atoms with van der Waals surface area (Å²) in [5, 5.41) is 6.67. The summed E-state index contributed by atoms with van der Waals surface area (Å²) >= 11 is 0. The maximum atomic E-state index is 4.94. The van der Waals surface area contributed by atoms with Crippen LogP contribution in [-0.4, -0.2) is 40.1 Å². The lowest BCUT2D eigenvalue weighted by molar-refractivity contribution is 0.785. The summed E-state index contributed by atoms with van der Waals surface area (Å²) < 4.78 is 0. The Hall–Kier alpha value is -4.29. The molecule has 0 amide bonds. The molecule has 0 aliphatic heterocycles. The van der Waals surface area contributed by atoms with Gasteiger partial charge in [-0.05, 0) is 60.0 Å². The minimum absolute atomic E-state index is 0.707. The van der Waals surface area contributed by atoms with E-state index in [1.165, 1.54) is 0 Å². The molecule has 0 saturated carbocycles. The molecule has 3 aromatic heterocycles. The summed E-state index contributed by atoms with van der Waals surface area (Å²) in [7, 11) is 1.92. The second-order valence-electron chi connectivity index (χ2n) is 8.34. The molecule has 182 valence electrons. The van der Waals surface area contributed by atoms with E-state index in [1.807, 2.05) is 38.4 Å². The zero-order chi connectivity index (χ0) is 25.5. The van der Waals surface area contributed by atoms with Crippen molar-refractivity contribution in [3.8, 4) is 11.1 Å². The highest BCUT2D eigenvalue weighted by atomic mass is 14.9. The van der Waals surface area contributed by atoms with Crippen LogP contribution in [-0.2, 0) is 0 Å². The maximum absolute atomic E-state index is 4.94. The monoisotopic (exact) mass is 476 g/mol. The number of hydrogen-bond donors (Lipinski definition) is 3. The Kier molecular flexibility index (Phi) is 7.88. The fraction of sp³-hybridized carbons (Fsp3) is 0.167. The van der Waals surface area contributed by atoms with Crippen molar-refractivity contribution >= 4 is 27.9 Å². The number of benzene rings is 1. The van der Waals surface area contributed by atoms with Crippen molar-refractivity contribution in [3.05, 3.63) is 109 Å². The van der Waals surface area contributed by atoms with Crippen LogP contribution in [0.1, 0.15) is 30.8 Å². The SMILES string of the molecule is C=C/C(=C\C(=C/C)c1ccc(NC)c(C(=C)c2nc3c(-c4ccncc4)cncc3[nH]2)c1)CNCC. The number of pyridine rings is 2. The molecular formula is C30H32N6. The Bertz CT molecular complexity index is 1440. The highest BCUT2D eigenvalue weighted by molar-refractivity contribution is 5.94. The summed E-state index contributed by atoms with van der Waals surface area (Å²) in [6.45, 7) is 14.2. The van der Waals surface area contributed by atoms with Crippen LogP contribution in [0.4, 0.5) is 5.69 Å². The van der Waals surface area contributed by atoms with Crippen LogP contribution in [0, 0.1) is 0 Å². The molecule has 0 fully saturated rings. The number of imidazole rings is 1. The van der Waals surface area contributed by atoms with Gasteiger partial charge in [-0.3, -0.25) is 9.97 Å². The van der Waals surface area contributed by atoms with Gasteiger partial charge in [0.25, 0.3) is 0 Å². The quantitative estimate of drug-likeness (QED) is 0.236. The summed E-state index contributed by atoms with van der Waals surface area (Å²) in [5.41, 5.74) is 9.79. The predicted molar refractivity (Wildman–Crippen MR) is 152 cm³/mol. The molecule has 0 aliphatic carbocycles. The minimum Gasteiger partial charge on any atom is -0.388 e. The first-order chi connectivity index (χ1) is 17.6. The average molecular weight is 477 g/mol. The number of H-pyrrole nitrogens is 1. The van der Waals surface area contributed by atoms with Gasteiger partial charge in [-0.15, -0.1) is 0 Å². The molecule has 0 saturated heterocycles. The fourth-order valence-electron chi connectivity index (χ4n) is 4.12. The van der Waals surface area contributed by atoms with E-state index in [0.29, 0.717) is 5.82 Å². The van der Waals surface area contributed by atoms with Gasteiger partial charge in [-0.2, -0.15) is 0 Å². The Balaban J connectivity index is 1.75. The van der Waals surface area contributed by atoms with Gasteiger partial charge in [-0.1, -0.05) is 44.4 Å². The Labute approximate surface area is 212 Å². The van der Waals surface area contributed by atoms with Crippen LogP contribution >= 0.6 is 0 Å². The molecular weight excluding hydrogens is 444 g/mol. The Morgan fingerprint density at radius 1 is 1.11 bits per heavy atom. The molecule has 0 unspecified atom stereocenters. The summed E-state index contributed by atoms with van der Waals surface area (Å²) in [6.07, 6.45) is 13.4. The second kappa shape index (κ2) is 11.4. The number of nitrogens with zero attached hydrogens (tertiary/aromatic N) is 3. The van der Waals surface area contributed by atoms with E-state index in [1.54, 1.807) is 18.6 Å². The minimum atomic E-state index is 0.707. The van der Waals surface area contributed by atoms with Crippen molar-refractivity contribution in [2.75, 3.05) is 25.5 Å². The van der Waals surface area contributed by atoms with E-state index in [0.717, 1.165) is 68.8 Å². The molecule has 0 radical (unpaired) electrons. The normalized spacial score (nSPS) is 12.1. The molecule has 6 heteroatoms. The standard InChI is InChI=1S/C30H32N6/c1-6-21(17-32-8-3)15-22(7-2)24-9-10-27(31-5)25(16-24)20(4)30-35-28-19-34-18-26(29(28)36-30)23-11-13-33-14-12-23/h6-7,9-16,18-19,31-32H,1,4,8,17H2,2-3,5H3,(H,35,36)/b21-15+,22-7+. The number of fused-ring (bicyclic) bond motifs is 1. The topological polar surface area (TPSA) is 78.5 Å². The van der Waals surface area contributed by atoms with Gasteiger partial charge >= 0.3 is 0 Å². The average Bonchev–Trinajstić information content (AvgIpc) is 3.37. The second-order valence-corrected chi connectivity index (χ2v) is 8.34. The van der Waals surface area contributed by atoms with Crippen LogP contribution in [0.5, 0.6) is 0 Å². The smallest absolute Gasteiger partial charge is 0.138 e.